The van der Waals surface area contributed by atoms with E-state index in [0.29, 0.717) is 0 Å². The summed E-state index contributed by atoms with van der Waals surface area (Å²) in [6.07, 6.45) is 0. The molecule has 3 heteroatoms. The Bertz CT molecular complexity index is 1300. The number of hydrogen-bond donors (Lipinski definition) is 1. The van der Waals surface area contributed by atoms with Gasteiger partial charge in [0.05, 0.1) is 5.69 Å². The molecule has 0 aliphatic rings. The van der Waals surface area contributed by atoms with E-state index in [2.05, 4.69) is 139 Å². The second kappa shape index (κ2) is 10.3. The minimum absolute atomic E-state index is 0.725. The van der Waals surface area contributed by atoms with Gasteiger partial charge in [-0.05, 0) is 27.6 Å². The molecule has 0 aliphatic carbocycles. The van der Waals surface area contributed by atoms with Crippen LogP contribution in [0.1, 0.15) is 5.56 Å². The summed E-state index contributed by atoms with van der Waals surface area (Å²) in [5.41, 5.74) is 3.23. The number of nitrogens with zero attached hydrogens (tertiary/aromatic N) is 1. The summed E-state index contributed by atoms with van der Waals surface area (Å²) in [5, 5.41) is 8.64. The molecule has 0 unspecified atom stereocenters. The molecule has 0 aromatic heterocycles. The zero-order valence-electron chi connectivity index (χ0n) is 18.3. The quantitative estimate of drug-likeness (QED) is 0.175. The highest BCUT2D eigenvalue weighted by Crippen LogP contribution is 2.37. The van der Waals surface area contributed by atoms with Crippen LogP contribution in [0.15, 0.2) is 138 Å². The molecule has 0 spiro atoms. The molecule has 2 nitrogen and oxygen atoms in total. The third-order valence-electron chi connectivity index (χ3n) is 5.53. The second-order valence-electron chi connectivity index (χ2n) is 7.78. The van der Waals surface area contributed by atoms with Crippen LogP contribution in [0, 0.1) is 0 Å². The minimum Gasteiger partial charge on any atom is -0.365 e. The van der Waals surface area contributed by atoms with E-state index < -0.39 is 7.92 Å². The lowest BCUT2D eigenvalue weighted by Crippen LogP contribution is -2.29. The number of nitrogens with one attached hydrogen (secondary N) is 1. The molecule has 1 N–H and O–H groups in total. The molecule has 0 atom stereocenters. The Hall–Kier alpha value is -3.74. The molecule has 0 saturated heterocycles. The van der Waals surface area contributed by atoms with Crippen LogP contribution in [0.2, 0.25) is 0 Å². The molecule has 0 fully saturated rings. The van der Waals surface area contributed by atoms with E-state index in [9.17, 15) is 0 Å². The summed E-state index contributed by atoms with van der Waals surface area (Å²) in [7, 11) is -0.851. The third-order valence-corrected chi connectivity index (χ3v) is 7.84. The monoisotopic (exact) mass is 444 g/mol. The predicted octanol–water partition coefficient (Wildman–Crippen LogP) is 6.75. The predicted molar refractivity (Wildman–Crippen MR) is 143 cm³/mol. The van der Waals surface area contributed by atoms with Gasteiger partial charge in [0.2, 0.25) is 0 Å². The van der Waals surface area contributed by atoms with Crippen molar-refractivity contribution in [1.82, 2.24) is 5.32 Å². The standard InChI is InChI=1S/C30H25N2P/c1-4-13-24(14-5-1)23-31-30(32-29-22-12-16-25-15-10-11-21-28(25)29)33(26-17-6-2-7-18-26)27-19-8-3-9-20-27/h1-22H,23H2,(H,31,32). The van der Waals surface area contributed by atoms with Crippen LogP contribution < -0.4 is 15.9 Å². The Morgan fingerprint density at radius 1 is 0.576 bits per heavy atom. The van der Waals surface area contributed by atoms with Gasteiger partial charge in [0.25, 0.3) is 0 Å². The van der Waals surface area contributed by atoms with Crippen molar-refractivity contribution in [2.24, 2.45) is 4.99 Å². The number of amidine groups is 1. The highest BCUT2D eigenvalue weighted by Gasteiger charge is 2.21. The summed E-state index contributed by atoms with van der Waals surface area (Å²) in [6, 6.07) is 46.7. The molecule has 0 aliphatic heterocycles. The zero-order chi connectivity index (χ0) is 22.3. The Morgan fingerprint density at radius 2 is 1.12 bits per heavy atom. The van der Waals surface area contributed by atoms with E-state index in [1.165, 1.54) is 21.6 Å². The van der Waals surface area contributed by atoms with E-state index in [1.54, 1.807) is 0 Å². The van der Waals surface area contributed by atoms with E-state index >= 15 is 0 Å². The average molecular weight is 445 g/mol. The largest absolute Gasteiger partial charge is 0.365 e. The summed E-state index contributed by atoms with van der Waals surface area (Å²) in [4.78, 5) is 5.29. The lowest BCUT2D eigenvalue weighted by atomic mass is 10.1. The first-order valence-electron chi connectivity index (χ1n) is 11.1. The SMILES string of the molecule is c1ccc(CN/C(=N/c2cccc3ccccc23)P(c2ccccc2)c2ccccc2)cc1. The molecule has 0 radical (unpaired) electrons. The number of benzene rings is 5. The van der Waals surface area contributed by atoms with Crippen LogP contribution in [0.5, 0.6) is 0 Å². The van der Waals surface area contributed by atoms with Gasteiger partial charge in [0.1, 0.15) is 5.58 Å². The van der Waals surface area contributed by atoms with Gasteiger partial charge in [0, 0.05) is 19.9 Å². The van der Waals surface area contributed by atoms with Crippen molar-refractivity contribution >= 4 is 40.6 Å². The summed E-state index contributed by atoms with van der Waals surface area (Å²) < 4.78 is 0. The van der Waals surface area contributed by atoms with E-state index in [4.69, 9.17) is 4.99 Å². The van der Waals surface area contributed by atoms with E-state index in [0.717, 1.165) is 23.2 Å². The molecule has 0 saturated carbocycles. The van der Waals surface area contributed by atoms with Gasteiger partial charge >= 0.3 is 0 Å². The fourth-order valence-electron chi connectivity index (χ4n) is 3.91. The summed E-state index contributed by atoms with van der Waals surface area (Å²) in [5.74, 6) is 0. The van der Waals surface area contributed by atoms with Crippen molar-refractivity contribution in [2.45, 2.75) is 6.54 Å². The van der Waals surface area contributed by atoms with Crippen molar-refractivity contribution in [3.63, 3.8) is 0 Å². The average Bonchev–Trinajstić information content (AvgIpc) is 2.89. The molecule has 0 amide bonds. The second-order valence-corrected chi connectivity index (χ2v) is 9.91. The molecule has 5 rings (SSSR count). The maximum absolute atomic E-state index is 5.29. The number of rotatable bonds is 6. The highest BCUT2D eigenvalue weighted by molar-refractivity contribution is 7.88. The minimum atomic E-state index is -0.851. The molecule has 5 aromatic carbocycles. The van der Waals surface area contributed by atoms with Gasteiger partial charge < -0.3 is 5.32 Å². The van der Waals surface area contributed by atoms with Crippen molar-refractivity contribution < 1.29 is 0 Å². The third kappa shape index (κ3) is 5.03. The van der Waals surface area contributed by atoms with Gasteiger partial charge in [0.15, 0.2) is 0 Å². The number of fused-ring (bicyclic) bond motifs is 1. The topological polar surface area (TPSA) is 24.4 Å². The lowest BCUT2D eigenvalue weighted by molar-refractivity contribution is 0.927. The van der Waals surface area contributed by atoms with Gasteiger partial charge in [-0.3, -0.25) is 0 Å². The molecule has 33 heavy (non-hydrogen) atoms. The summed E-state index contributed by atoms with van der Waals surface area (Å²) >= 11 is 0. The lowest BCUT2D eigenvalue weighted by Gasteiger charge is -2.22. The normalized spacial score (nSPS) is 11.6. The maximum atomic E-state index is 5.29. The Balaban J connectivity index is 1.65. The smallest absolute Gasteiger partial charge is 0.134 e. The zero-order valence-corrected chi connectivity index (χ0v) is 19.2. The van der Waals surface area contributed by atoms with Gasteiger partial charge in [-0.15, -0.1) is 0 Å². The van der Waals surface area contributed by atoms with Crippen LogP contribution >= 0.6 is 7.92 Å². The van der Waals surface area contributed by atoms with E-state index in [1.807, 2.05) is 0 Å². The number of aliphatic imine (C=N–C) groups is 1. The Kier molecular flexibility index (Phi) is 6.56. The van der Waals surface area contributed by atoms with Crippen molar-refractivity contribution in [1.29, 1.82) is 0 Å². The molecular formula is C30H25N2P. The van der Waals surface area contributed by atoms with Gasteiger partial charge in [-0.2, -0.15) is 0 Å². The first kappa shape index (κ1) is 21.1. The van der Waals surface area contributed by atoms with Crippen molar-refractivity contribution in [3.8, 4) is 0 Å². The molecule has 0 heterocycles. The van der Waals surface area contributed by atoms with E-state index in [-0.39, 0.29) is 0 Å². The van der Waals surface area contributed by atoms with Crippen LogP contribution in [-0.2, 0) is 6.54 Å². The first-order chi connectivity index (χ1) is 16.4. The fourth-order valence-corrected chi connectivity index (χ4v) is 6.09. The van der Waals surface area contributed by atoms with Crippen LogP contribution in [0.25, 0.3) is 10.8 Å². The van der Waals surface area contributed by atoms with Crippen LogP contribution in [0.3, 0.4) is 0 Å². The first-order valence-corrected chi connectivity index (χ1v) is 12.5. The van der Waals surface area contributed by atoms with Crippen LogP contribution in [0.4, 0.5) is 5.69 Å². The Morgan fingerprint density at radius 3 is 1.79 bits per heavy atom. The van der Waals surface area contributed by atoms with Crippen molar-refractivity contribution in [2.75, 3.05) is 0 Å². The van der Waals surface area contributed by atoms with Crippen LogP contribution in [-0.4, -0.2) is 5.58 Å². The Labute approximate surface area is 196 Å². The molecular weight excluding hydrogens is 419 g/mol. The molecule has 160 valence electrons. The fraction of sp³-hybridized carbons (Fsp3) is 0.0333. The molecule has 5 aromatic rings. The van der Waals surface area contributed by atoms with Gasteiger partial charge in [-0.1, -0.05) is 127 Å². The summed E-state index contributed by atoms with van der Waals surface area (Å²) in [6.45, 7) is 0.725. The highest BCUT2D eigenvalue weighted by atomic mass is 31.1. The number of hydrogen-bond acceptors (Lipinski definition) is 1. The maximum Gasteiger partial charge on any atom is 0.134 e. The van der Waals surface area contributed by atoms with Gasteiger partial charge in [-0.25, -0.2) is 4.99 Å². The van der Waals surface area contributed by atoms with Crippen molar-refractivity contribution in [3.05, 3.63) is 139 Å². The molecule has 0 bridgehead atoms.